The Balaban J connectivity index is 2.13. The molecule has 30 heavy (non-hydrogen) atoms. The van der Waals surface area contributed by atoms with E-state index in [1.807, 2.05) is 25.1 Å². The lowest BCUT2D eigenvalue weighted by atomic mass is 10.2. The smallest absolute Gasteiger partial charge is 0.325 e. The van der Waals surface area contributed by atoms with E-state index in [-0.39, 0.29) is 12.1 Å². The van der Waals surface area contributed by atoms with Crippen LogP contribution in [0.25, 0.3) is 10.2 Å². The van der Waals surface area contributed by atoms with Crippen LogP contribution in [0.4, 0.5) is 0 Å². The molecule has 0 unspecified atom stereocenters. The largest absolute Gasteiger partial charge is 0.497 e. The number of amides is 1. The summed E-state index contributed by atoms with van der Waals surface area (Å²) in [6.07, 6.45) is 0. The van der Waals surface area contributed by atoms with Crippen molar-refractivity contribution in [3.63, 3.8) is 0 Å². The molecule has 0 aliphatic heterocycles. The maximum Gasteiger partial charge on any atom is 0.325 e. The second-order valence-corrected chi connectivity index (χ2v) is 7.10. The summed E-state index contributed by atoms with van der Waals surface area (Å²) in [5, 5.41) is 0. The van der Waals surface area contributed by atoms with Gasteiger partial charge in [0.15, 0.2) is 4.80 Å². The van der Waals surface area contributed by atoms with E-state index in [2.05, 4.69) is 4.99 Å². The molecule has 0 saturated carbocycles. The van der Waals surface area contributed by atoms with Gasteiger partial charge < -0.3 is 23.5 Å². The molecule has 158 valence electrons. The Kier molecular flexibility index (Phi) is 6.73. The highest BCUT2D eigenvalue weighted by Crippen LogP contribution is 2.26. The molecule has 0 saturated heterocycles. The maximum atomic E-state index is 12.9. The highest BCUT2D eigenvalue weighted by molar-refractivity contribution is 7.16. The van der Waals surface area contributed by atoms with Gasteiger partial charge in [0.1, 0.15) is 23.8 Å². The summed E-state index contributed by atoms with van der Waals surface area (Å²) >= 11 is 1.28. The number of thiazole rings is 1. The molecule has 2 aromatic carbocycles. The molecule has 1 amide bonds. The van der Waals surface area contributed by atoms with E-state index >= 15 is 0 Å². The number of carbonyl (C=O) groups excluding carboxylic acids is 2. The first-order valence-corrected chi connectivity index (χ1v) is 9.96. The van der Waals surface area contributed by atoms with E-state index in [4.69, 9.17) is 18.9 Å². The first-order chi connectivity index (χ1) is 14.5. The van der Waals surface area contributed by atoms with Crippen LogP contribution in [0.2, 0.25) is 0 Å². The van der Waals surface area contributed by atoms with E-state index in [0.29, 0.717) is 28.7 Å². The standard InChI is InChI=1S/C21H22N2O6S/c1-5-29-14-7-9-16-18(11-14)30-21(23(16)12-19(24)28-4)22-20(25)15-8-6-13(26-2)10-17(15)27-3/h6-11H,5,12H2,1-4H3. The lowest BCUT2D eigenvalue weighted by Crippen LogP contribution is -2.22. The molecule has 0 aliphatic carbocycles. The first kappa shape index (κ1) is 21.4. The van der Waals surface area contributed by atoms with Crippen LogP contribution in [0, 0.1) is 0 Å². The molecule has 3 rings (SSSR count). The summed E-state index contributed by atoms with van der Waals surface area (Å²) < 4.78 is 23.3. The van der Waals surface area contributed by atoms with Gasteiger partial charge in [0.05, 0.1) is 43.7 Å². The number of benzene rings is 2. The number of hydrogen-bond donors (Lipinski definition) is 0. The van der Waals surface area contributed by atoms with Crippen molar-refractivity contribution in [1.29, 1.82) is 0 Å². The Hall–Kier alpha value is -3.33. The van der Waals surface area contributed by atoms with Crippen molar-refractivity contribution in [3.05, 3.63) is 46.8 Å². The Bertz CT molecular complexity index is 1150. The van der Waals surface area contributed by atoms with Crippen LogP contribution in [0.5, 0.6) is 17.2 Å². The Morgan fingerprint density at radius 2 is 1.80 bits per heavy atom. The van der Waals surface area contributed by atoms with Gasteiger partial charge in [0.2, 0.25) is 0 Å². The minimum Gasteiger partial charge on any atom is -0.497 e. The topological polar surface area (TPSA) is 88.4 Å². The summed E-state index contributed by atoms with van der Waals surface area (Å²) in [6, 6.07) is 10.4. The van der Waals surface area contributed by atoms with Gasteiger partial charge in [-0.05, 0) is 37.3 Å². The van der Waals surface area contributed by atoms with E-state index in [9.17, 15) is 9.59 Å². The lowest BCUT2D eigenvalue weighted by molar-refractivity contribution is -0.141. The summed E-state index contributed by atoms with van der Waals surface area (Å²) in [5.74, 6) is 0.673. The van der Waals surface area contributed by atoms with Crippen molar-refractivity contribution in [2.45, 2.75) is 13.5 Å². The van der Waals surface area contributed by atoms with Crippen LogP contribution in [-0.4, -0.2) is 44.4 Å². The van der Waals surface area contributed by atoms with Crippen molar-refractivity contribution in [1.82, 2.24) is 4.57 Å². The van der Waals surface area contributed by atoms with Gasteiger partial charge in [-0.3, -0.25) is 9.59 Å². The molecule has 8 nitrogen and oxygen atoms in total. The third kappa shape index (κ3) is 4.46. The Morgan fingerprint density at radius 3 is 2.47 bits per heavy atom. The average molecular weight is 430 g/mol. The molecular formula is C21H22N2O6S. The molecule has 0 aliphatic rings. The Labute approximate surface area is 177 Å². The number of rotatable bonds is 7. The van der Waals surface area contributed by atoms with Crippen molar-refractivity contribution in [3.8, 4) is 17.2 Å². The molecule has 0 atom stereocenters. The van der Waals surface area contributed by atoms with Crippen LogP contribution in [0.1, 0.15) is 17.3 Å². The van der Waals surface area contributed by atoms with Gasteiger partial charge in [-0.25, -0.2) is 0 Å². The fourth-order valence-electron chi connectivity index (χ4n) is 2.86. The lowest BCUT2D eigenvalue weighted by Gasteiger charge is -2.08. The third-order valence-corrected chi connectivity index (χ3v) is 5.36. The maximum absolute atomic E-state index is 12.9. The van der Waals surface area contributed by atoms with Gasteiger partial charge >= 0.3 is 5.97 Å². The minimum atomic E-state index is -0.496. The predicted molar refractivity (Wildman–Crippen MR) is 112 cm³/mol. The third-order valence-electron chi connectivity index (χ3n) is 4.32. The number of fused-ring (bicyclic) bond motifs is 1. The zero-order chi connectivity index (χ0) is 21.7. The molecular weight excluding hydrogens is 408 g/mol. The van der Waals surface area contributed by atoms with Crippen molar-refractivity contribution < 1.29 is 28.5 Å². The molecule has 0 bridgehead atoms. The SMILES string of the molecule is CCOc1ccc2c(c1)sc(=NC(=O)c1ccc(OC)cc1OC)n2CC(=O)OC. The van der Waals surface area contributed by atoms with Crippen LogP contribution in [0.3, 0.4) is 0 Å². The number of carbonyl (C=O) groups is 2. The zero-order valence-corrected chi connectivity index (χ0v) is 17.9. The number of nitrogens with zero attached hydrogens (tertiary/aromatic N) is 2. The monoisotopic (exact) mass is 430 g/mol. The highest BCUT2D eigenvalue weighted by atomic mass is 32.1. The number of aromatic nitrogens is 1. The number of esters is 1. The van der Waals surface area contributed by atoms with Gasteiger partial charge in [-0.2, -0.15) is 4.99 Å². The fraction of sp³-hybridized carbons (Fsp3) is 0.286. The molecule has 9 heteroatoms. The summed E-state index contributed by atoms with van der Waals surface area (Å²) in [7, 11) is 4.32. The summed E-state index contributed by atoms with van der Waals surface area (Å²) in [6.45, 7) is 2.36. The molecule has 0 N–H and O–H groups in total. The molecule has 1 heterocycles. The van der Waals surface area contributed by atoms with Crippen LogP contribution in [-0.2, 0) is 16.1 Å². The van der Waals surface area contributed by atoms with E-state index in [1.165, 1.54) is 32.7 Å². The molecule has 1 aromatic heterocycles. The highest BCUT2D eigenvalue weighted by Gasteiger charge is 2.16. The molecule has 3 aromatic rings. The van der Waals surface area contributed by atoms with E-state index in [1.54, 1.807) is 22.8 Å². The van der Waals surface area contributed by atoms with Gasteiger partial charge in [-0.15, -0.1) is 0 Å². The van der Waals surface area contributed by atoms with Crippen molar-refractivity contribution >= 4 is 33.4 Å². The molecule has 0 spiro atoms. The molecule has 0 fully saturated rings. The van der Waals surface area contributed by atoms with Gasteiger partial charge in [0.25, 0.3) is 5.91 Å². The second-order valence-electron chi connectivity index (χ2n) is 6.09. The average Bonchev–Trinajstić information content (AvgIpc) is 3.09. The quantitative estimate of drug-likeness (QED) is 0.536. The van der Waals surface area contributed by atoms with E-state index in [0.717, 1.165) is 10.2 Å². The van der Waals surface area contributed by atoms with Crippen LogP contribution < -0.4 is 19.0 Å². The summed E-state index contributed by atoms with van der Waals surface area (Å²) in [4.78, 5) is 29.5. The van der Waals surface area contributed by atoms with Crippen molar-refractivity contribution in [2.75, 3.05) is 27.9 Å². The normalized spacial score (nSPS) is 11.4. The van der Waals surface area contributed by atoms with Gasteiger partial charge in [0, 0.05) is 6.07 Å². The van der Waals surface area contributed by atoms with Crippen LogP contribution in [0.15, 0.2) is 41.4 Å². The minimum absolute atomic E-state index is 0.0731. The fourth-order valence-corrected chi connectivity index (χ4v) is 3.92. The second kappa shape index (κ2) is 9.45. The Morgan fingerprint density at radius 1 is 1.03 bits per heavy atom. The van der Waals surface area contributed by atoms with Crippen molar-refractivity contribution in [2.24, 2.45) is 4.99 Å². The summed E-state index contributed by atoms with van der Waals surface area (Å²) in [5.41, 5.74) is 1.04. The van der Waals surface area contributed by atoms with Gasteiger partial charge in [-0.1, -0.05) is 11.3 Å². The van der Waals surface area contributed by atoms with E-state index < -0.39 is 11.9 Å². The number of methoxy groups -OCH3 is 3. The predicted octanol–water partition coefficient (Wildman–Crippen LogP) is 3.03. The number of hydrogen-bond acceptors (Lipinski definition) is 7. The first-order valence-electron chi connectivity index (χ1n) is 9.14. The number of ether oxygens (including phenoxy) is 4. The zero-order valence-electron chi connectivity index (χ0n) is 17.1. The van der Waals surface area contributed by atoms with Crippen LogP contribution >= 0.6 is 11.3 Å². The molecule has 0 radical (unpaired) electrons.